The number of piperazine rings is 1. The summed E-state index contributed by atoms with van der Waals surface area (Å²) >= 11 is 0. The van der Waals surface area contributed by atoms with Crippen LogP contribution in [0.25, 0.3) is 0 Å². The Morgan fingerprint density at radius 1 is 0.963 bits per heavy atom. The Kier molecular flexibility index (Phi) is 5.83. The highest BCUT2D eigenvalue weighted by Gasteiger charge is 2.30. The summed E-state index contributed by atoms with van der Waals surface area (Å²) in [5, 5.41) is 2.66. The quantitative estimate of drug-likeness (QED) is 0.840. The van der Waals surface area contributed by atoms with Crippen LogP contribution in [-0.4, -0.2) is 56.3 Å². The molecule has 1 N–H and O–H groups in total. The number of rotatable bonds is 5. The molecule has 3 rings (SSSR count). The fourth-order valence-electron chi connectivity index (χ4n) is 2.86. The first-order chi connectivity index (χ1) is 12.9. The third kappa shape index (κ3) is 4.68. The Bertz CT molecular complexity index is 912. The van der Waals surface area contributed by atoms with Crippen molar-refractivity contribution in [2.24, 2.45) is 0 Å². The van der Waals surface area contributed by atoms with E-state index in [1.807, 2.05) is 4.90 Å². The molecule has 1 heterocycles. The lowest BCUT2D eigenvalue weighted by atomic mass is 10.3. The minimum atomic E-state index is -3.90. The number of nitrogens with one attached hydrogen (secondary N) is 1. The zero-order valence-electron chi connectivity index (χ0n) is 14.4. The van der Waals surface area contributed by atoms with Crippen molar-refractivity contribution in [1.29, 1.82) is 0 Å². The van der Waals surface area contributed by atoms with Crippen molar-refractivity contribution in [2.45, 2.75) is 4.90 Å². The molecule has 0 unspecified atom stereocenters. The number of carbonyl (C=O) groups excluding carboxylic acids is 1. The molecule has 1 aliphatic heterocycles. The first-order valence-electron chi connectivity index (χ1n) is 8.39. The van der Waals surface area contributed by atoms with Gasteiger partial charge in [-0.15, -0.1) is 0 Å². The van der Waals surface area contributed by atoms with Gasteiger partial charge in [0.25, 0.3) is 0 Å². The van der Waals surface area contributed by atoms with Gasteiger partial charge in [-0.2, -0.15) is 4.31 Å². The molecule has 0 aromatic heterocycles. The predicted octanol–water partition coefficient (Wildman–Crippen LogP) is 1.91. The number of amides is 1. The topological polar surface area (TPSA) is 69.7 Å². The van der Waals surface area contributed by atoms with E-state index in [2.05, 4.69) is 5.32 Å². The molecule has 1 aliphatic rings. The van der Waals surface area contributed by atoms with Gasteiger partial charge >= 0.3 is 0 Å². The summed E-state index contributed by atoms with van der Waals surface area (Å²) in [4.78, 5) is 13.6. The number of hydrogen-bond acceptors (Lipinski definition) is 4. The summed E-state index contributed by atoms with van der Waals surface area (Å²) in [5.74, 6) is -1.44. The Balaban J connectivity index is 1.55. The third-order valence-corrected chi connectivity index (χ3v) is 6.21. The van der Waals surface area contributed by atoms with Crippen LogP contribution in [0.5, 0.6) is 0 Å². The van der Waals surface area contributed by atoms with E-state index in [4.69, 9.17) is 0 Å². The maximum Gasteiger partial charge on any atom is 0.246 e. The molecule has 0 atom stereocenters. The number of sulfonamides is 1. The summed E-state index contributed by atoms with van der Waals surface area (Å²) < 4.78 is 53.1. The maximum absolute atomic E-state index is 13.8. The number of carbonyl (C=O) groups is 1. The van der Waals surface area contributed by atoms with Crippen LogP contribution in [0.3, 0.4) is 0 Å². The van der Waals surface area contributed by atoms with Gasteiger partial charge < -0.3 is 5.32 Å². The molecule has 0 saturated carbocycles. The molecular weight excluding hydrogens is 376 g/mol. The van der Waals surface area contributed by atoms with Crippen LogP contribution < -0.4 is 5.32 Å². The highest BCUT2D eigenvalue weighted by Crippen LogP contribution is 2.20. The second-order valence-corrected chi connectivity index (χ2v) is 8.07. The lowest BCUT2D eigenvalue weighted by Crippen LogP contribution is -2.50. The molecule has 0 spiro atoms. The SMILES string of the molecule is O=C(CN1CCN(S(=O)(=O)c2ccccc2F)CC1)Nc1ccc(F)cc1. The molecule has 2 aromatic carbocycles. The second kappa shape index (κ2) is 8.12. The zero-order chi connectivity index (χ0) is 19.4. The average molecular weight is 395 g/mol. The van der Waals surface area contributed by atoms with Gasteiger partial charge in [0.05, 0.1) is 6.54 Å². The molecule has 1 amide bonds. The number of anilines is 1. The maximum atomic E-state index is 13.8. The summed E-state index contributed by atoms with van der Waals surface area (Å²) in [6.45, 7) is 1.13. The van der Waals surface area contributed by atoms with Gasteiger partial charge in [0, 0.05) is 31.9 Å². The molecule has 9 heteroatoms. The van der Waals surface area contributed by atoms with E-state index in [1.54, 1.807) is 0 Å². The summed E-state index contributed by atoms with van der Waals surface area (Å²) in [5.41, 5.74) is 0.488. The molecule has 144 valence electrons. The van der Waals surface area contributed by atoms with E-state index >= 15 is 0 Å². The van der Waals surface area contributed by atoms with Crippen LogP contribution >= 0.6 is 0 Å². The monoisotopic (exact) mass is 395 g/mol. The van der Waals surface area contributed by atoms with Gasteiger partial charge in [0.15, 0.2) is 0 Å². The fraction of sp³-hybridized carbons (Fsp3) is 0.278. The normalized spacial score (nSPS) is 16.2. The minimum absolute atomic E-state index is 0.0883. The average Bonchev–Trinajstić information content (AvgIpc) is 2.64. The van der Waals surface area contributed by atoms with Crippen LogP contribution in [0.15, 0.2) is 53.4 Å². The summed E-state index contributed by atoms with van der Waals surface area (Å²) in [6.07, 6.45) is 0. The Labute approximate surface area is 156 Å². The van der Waals surface area contributed by atoms with Gasteiger partial charge in [-0.25, -0.2) is 17.2 Å². The predicted molar refractivity (Wildman–Crippen MR) is 96.6 cm³/mol. The van der Waals surface area contributed by atoms with Crippen LogP contribution in [0.4, 0.5) is 14.5 Å². The van der Waals surface area contributed by atoms with Crippen LogP contribution in [0.2, 0.25) is 0 Å². The molecule has 27 heavy (non-hydrogen) atoms. The summed E-state index contributed by atoms with van der Waals surface area (Å²) in [7, 11) is -3.90. The van der Waals surface area contributed by atoms with Crippen molar-refractivity contribution in [3.8, 4) is 0 Å². The molecule has 0 aliphatic carbocycles. The van der Waals surface area contributed by atoms with E-state index in [1.165, 1.54) is 46.8 Å². The van der Waals surface area contributed by atoms with Gasteiger partial charge in [-0.3, -0.25) is 9.69 Å². The van der Waals surface area contributed by atoms with E-state index in [-0.39, 0.29) is 36.3 Å². The highest BCUT2D eigenvalue weighted by molar-refractivity contribution is 7.89. The molecule has 2 aromatic rings. The smallest absolute Gasteiger partial charge is 0.246 e. The van der Waals surface area contributed by atoms with Crippen LogP contribution in [0, 0.1) is 11.6 Å². The minimum Gasteiger partial charge on any atom is -0.325 e. The van der Waals surface area contributed by atoms with Crippen molar-refractivity contribution in [2.75, 3.05) is 38.0 Å². The molecule has 1 fully saturated rings. The van der Waals surface area contributed by atoms with E-state index in [0.29, 0.717) is 18.8 Å². The zero-order valence-corrected chi connectivity index (χ0v) is 15.3. The van der Waals surface area contributed by atoms with Crippen molar-refractivity contribution in [3.63, 3.8) is 0 Å². The number of nitrogens with zero attached hydrogens (tertiary/aromatic N) is 2. The fourth-order valence-corrected chi connectivity index (χ4v) is 4.35. The Morgan fingerprint density at radius 3 is 2.22 bits per heavy atom. The van der Waals surface area contributed by atoms with Crippen molar-refractivity contribution in [3.05, 3.63) is 60.2 Å². The number of halogens is 2. The van der Waals surface area contributed by atoms with Crippen molar-refractivity contribution in [1.82, 2.24) is 9.21 Å². The van der Waals surface area contributed by atoms with Gasteiger partial charge in [0.2, 0.25) is 15.9 Å². The lowest BCUT2D eigenvalue weighted by Gasteiger charge is -2.33. The first-order valence-corrected chi connectivity index (χ1v) is 9.83. The third-order valence-electron chi connectivity index (χ3n) is 4.28. The van der Waals surface area contributed by atoms with E-state index in [9.17, 15) is 22.0 Å². The highest BCUT2D eigenvalue weighted by atomic mass is 32.2. The van der Waals surface area contributed by atoms with Gasteiger partial charge in [-0.05, 0) is 36.4 Å². The lowest BCUT2D eigenvalue weighted by molar-refractivity contribution is -0.117. The Hall–Kier alpha value is -2.36. The number of benzene rings is 2. The van der Waals surface area contributed by atoms with Gasteiger partial charge in [0.1, 0.15) is 16.5 Å². The Morgan fingerprint density at radius 2 is 1.59 bits per heavy atom. The van der Waals surface area contributed by atoms with Crippen molar-refractivity contribution >= 4 is 21.6 Å². The first kappa shape index (κ1) is 19.4. The van der Waals surface area contributed by atoms with E-state index in [0.717, 1.165) is 6.07 Å². The van der Waals surface area contributed by atoms with E-state index < -0.39 is 15.8 Å². The standard InChI is InChI=1S/C18H19F2N3O3S/c19-14-5-7-15(8-6-14)21-18(24)13-22-9-11-23(12-10-22)27(25,26)17-4-2-1-3-16(17)20/h1-8H,9-13H2,(H,21,24). The molecule has 0 radical (unpaired) electrons. The molecule has 0 bridgehead atoms. The molecule has 6 nitrogen and oxygen atoms in total. The largest absolute Gasteiger partial charge is 0.325 e. The van der Waals surface area contributed by atoms with Gasteiger partial charge in [-0.1, -0.05) is 12.1 Å². The molecular formula is C18H19F2N3O3S. The van der Waals surface area contributed by atoms with Crippen LogP contribution in [-0.2, 0) is 14.8 Å². The second-order valence-electron chi connectivity index (χ2n) is 6.17. The summed E-state index contributed by atoms with van der Waals surface area (Å²) in [6, 6.07) is 10.7. The van der Waals surface area contributed by atoms with Crippen molar-refractivity contribution < 1.29 is 22.0 Å². The van der Waals surface area contributed by atoms with Crippen LogP contribution in [0.1, 0.15) is 0 Å². The molecule has 1 saturated heterocycles. The number of hydrogen-bond donors (Lipinski definition) is 1.